The highest BCUT2D eigenvalue weighted by Crippen LogP contribution is 2.44. The van der Waals surface area contributed by atoms with E-state index < -0.39 is 35.7 Å². The molecule has 1 aromatic heterocycles. The van der Waals surface area contributed by atoms with Crippen LogP contribution in [0.25, 0.3) is 0 Å². The van der Waals surface area contributed by atoms with Gasteiger partial charge in [0.25, 0.3) is 5.91 Å². The summed E-state index contributed by atoms with van der Waals surface area (Å²) in [4.78, 5) is 25.7. The van der Waals surface area contributed by atoms with Crippen LogP contribution in [0.5, 0.6) is 0 Å². The number of rotatable bonds is 4. The van der Waals surface area contributed by atoms with Crippen LogP contribution in [0.3, 0.4) is 0 Å². The molecule has 172 valence electrons. The van der Waals surface area contributed by atoms with Crippen molar-refractivity contribution in [1.82, 2.24) is 15.1 Å². The van der Waals surface area contributed by atoms with Crippen molar-refractivity contribution in [2.45, 2.75) is 62.3 Å². The van der Waals surface area contributed by atoms with Gasteiger partial charge in [-0.15, -0.1) is 0 Å². The fourth-order valence-electron chi connectivity index (χ4n) is 4.65. The molecule has 2 atom stereocenters. The molecule has 1 aliphatic heterocycles. The molecule has 1 saturated carbocycles. The van der Waals surface area contributed by atoms with E-state index in [2.05, 4.69) is 15.7 Å². The molecule has 0 saturated heterocycles. The number of halogens is 3. The van der Waals surface area contributed by atoms with Crippen molar-refractivity contribution in [1.29, 1.82) is 0 Å². The fraction of sp³-hybridized carbons (Fsp3) is 0.500. The van der Waals surface area contributed by atoms with Gasteiger partial charge in [0.2, 0.25) is 0 Å². The van der Waals surface area contributed by atoms with Gasteiger partial charge >= 0.3 is 12.1 Å². The highest BCUT2D eigenvalue weighted by Gasteiger charge is 2.48. The maximum atomic E-state index is 13.9. The summed E-state index contributed by atoms with van der Waals surface area (Å²) in [6, 6.07) is 6.24. The van der Waals surface area contributed by atoms with Crippen LogP contribution < -0.4 is 10.6 Å². The minimum absolute atomic E-state index is 0.0132. The lowest BCUT2D eigenvalue weighted by atomic mass is 9.81. The van der Waals surface area contributed by atoms with Gasteiger partial charge < -0.3 is 15.4 Å². The molecule has 0 spiro atoms. The normalized spacial score (nSPS) is 22.4. The Kier molecular flexibility index (Phi) is 5.87. The molecule has 7 nitrogen and oxygen atoms in total. The Balaban J connectivity index is 1.68. The predicted molar refractivity (Wildman–Crippen MR) is 110 cm³/mol. The maximum absolute atomic E-state index is 13.9. The summed E-state index contributed by atoms with van der Waals surface area (Å²) >= 11 is 0. The highest BCUT2D eigenvalue weighted by atomic mass is 19.4. The van der Waals surface area contributed by atoms with Crippen LogP contribution in [0, 0.1) is 0 Å². The van der Waals surface area contributed by atoms with Gasteiger partial charge in [0.05, 0.1) is 19.3 Å². The van der Waals surface area contributed by atoms with Gasteiger partial charge in [0.1, 0.15) is 16.9 Å². The first-order valence-electron chi connectivity index (χ1n) is 10.6. The number of aromatic nitrogens is 2. The number of esters is 1. The molecule has 0 radical (unpaired) electrons. The van der Waals surface area contributed by atoms with E-state index in [0.717, 1.165) is 30.1 Å². The van der Waals surface area contributed by atoms with E-state index in [1.165, 1.54) is 7.11 Å². The largest absolute Gasteiger partial charge is 0.467 e. The summed E-state index contributed by atoms with van der Waals surface area (Å²) in [5, 5.41) is 9.71. The van der Waals surface area contributed by atoms with Gasteiger partial charge in [-0.3, -0.25) is 4.79 Å². The Hall–Kier alpha value is -3.04. The smallest absolute Gasteiger partial charge is 0.410 e. The van der Waals surface area contributed by atoms with Crippen molar-refractivity contribution in [2.75, 3.05) is 12.4 Å². The van der Waals surface area contributed by atoms with Crippen molar-refractivity contribution >= 4 is 17.7 Å². The molecule has 0 unspecified atom stereocenters. The Morgan fingerprint density at radius 2 is 1.88 bits per heavy atom. The second kappa shape index (κ2) is 8.48. The molecule has 2 N–H and O–H groups in total. The quantitative estimate of drug-likeness (QED) is 0.684. The average molecular weight is 450 g/mol. The molecule has 4 rings (SSSR count). The molecule has 2 aromatic rings. The highest BCUT2D eigenvalue weighted by molar-refractivity contribution is 6.01. The van der Waals surface area contributed by atoms with Gasteiger partial charge in [-0.2, -0.15) is 18.3 Å². The zero-order chi connectivity index (χ0) is 22.9. The van der Waals surface area contributed by atoms with E-state index in [1.54, 1.807) is 30.3 Å². The summed E-state index contributed by atoms with van der Waals surface area (Å²) in [6.45, 7) is 0. The van der Waals surface area contributed by atoms with Gasteiger partial charge in [-0.25, -0.2) is 9.48 Å². The number of carbonyl (C=O) groups excluding carboxylic acids is 2. The fourth-order valence-corrected chi connectivity index (χ4v) is 4.65. The molecule has 32 heavy (non-hydrogen) atoms. The van der Waals surface area contributed by atoms with Gasteiger partial charge in [0, 0.05) is 6.42 Å². The number of alkyl halides is 3. The van der Waals surface area contributed by atoms with E-state index in [1.807, 2.05) is 0 Å². The van der Waals surface area contributed by atoms with Crippen molar-refractivity contribution < 1.29 is 27.5 Å². The Labute approximate surface area is 183 Å². The van der Waals surface area contributed by atoms with Crippen molar-refractivity contribution in [3.63, 3.8) is 0 Å². The zero-order valence-corrected chi connectivity index (χ0v) is 17.6. The van der Waals surface area contributed by atoms with E-state index in [-0.39, 0.29) is 17.8 Å². The second-order valence-corrected chi connectivity index (χ2v) is 8.34. The number of nitrogens with zero attached hydrogens (tertiary/aromatic N) is 2. The van der Waals surface area contributed by atoms with Crippen LogP contribution in [0.4, 0.5) is 19.0 Å². The Bertz CT molecular complexity index is 984. The van der Waals surface area contributed by atoms with Gasteiger partial charge in [-0.05, 0) is 18.4 Å². The minimum Gasteiger partial charge on any atom is -0.467 e. The first-order chi connectivity index (χ1) is 15.2. The Morgan fingerprint density at radius 3 is 2.50 bits per heavy atom. The van der Waals surface area contributed by atoms with Crippen LogP contribution >= 0.6 is 0 Å². The van der Waals surface area contributed by atoms with E-state index >= 15 is 0 Å². The molecule has 10 heteroatoms. The van der Waals surface area contributed by atoms with Crippen LogP contribution in [0.2, 0.25) is 0 Å². The molecule has 0 bridgehead atoms. The summed E-state index contributed by atoms with van der Waals surface area (Å²) in [5.74, 6) is -1.21. The molecule has 1 aliphatic carbocycles. The lowest BCUT2D eigenvalue weighted by Gasteiger charge is -2.36. The first-order valence-corrected chi connectivity index (χ1v) is 10.6. The average Bonchev–Trinajstić information content (AvgIpc) is 3.22. The molecule has 1 aromatic carbocycles. The first kappa shape index (κ1) is 22.2. The number of hydrogen-bond acceptors (Lipinski definition) is 5. The zero-order valence-electron chi connectivity index (χ0n) is 17.6. The number of anilines is 1. The van der Waals surface area contributed by atoms with E-state index in [4.69, 9.17) is 4.74 Å². The second-order valence-electron chi connectivity index (χ2n) is 8.34. The number of fused-ring (bicyclic) bond motifs is 1. The van der Waals surface area contributed by atoms with Crippen molar-refractivity contribution in [3.8, 4) is 0 Å². The van der Waals surface area contributed by atoms with Crippen LogP contribution in [-0.2, 0) is 9.53 Å². The van der Waals surface area contributed by atoms with E-state index in [0.29, 0.717) is 18.4 Å². The number of benzene rings is 1. The summed E-state index contributed by atoms with van der Waals surface area (Å²) < 4.78 is 47.3. The lowest BCUT2D eigenvalue weighted by molar-refractivity contribution is -0.173. The SMILES string of the molecule is COC(=O)C1(NC(=O)c2cnn3c2N[C@H](c2ccccc2)C[C@@H]3C(F)(F)F)CCCCC1. The van der Waals surface area contributed by atoms with Crippen molar-refractivity contribution in [3.05, 3.63) is 47.7 Å². The van der Waals surface area contributed by atoms with Crippen LogP contribution in [-0.4, -0.2) is 40.5 Å². The monoisotopic (exact) mass is 450 g/mol. The number of nitrogens with one attached hydrogen (secondary N) is 2. The van der Waals surface area contributed by atoms with Crippen LogP contribution in [0.1, 0.15) is 66.5 Å². The number of hydrogen-bond donors (Lipinski definition) is 2. The third kappa shape index (κ3) is 4.05. The summed E-state index contributed by atoms with van der Waals surface area (Å²) in [7, 11) is 1.26. The molecular weight excluding hydrogens is 425 g/mol. The number of methoxy groups -OCH3 is 1. The molecule has 1 amide bonds. The molecule has 1 fully saturated rings. The van der Waals surface area contributed by atoms with Gasteiger partial charge in [-0.1, -0.05) is 49.6 Å². The molecular formula is C22H25F3N4O3. The van der Waals surface area contributed by atoms with E-state index in [9.17, 15) is 22.8 Å². The number of ether oxygens (including phenoxy) is 1. The predicted octanol–water partition coefficient (Wildman–Crippen LogP) is 4.15. The number of amides is 1. The van der Waals surface area contributed by atoms with Gasteiger partial charge in [0.15, 0.2) is 6.04 Å². The Morgan fingerprint density at radius 1 is 1.19 bits per heavy atom. The molecule has 2 heterocycles. The van der Waals surface area contributed by atoms with Crippen LogP contribution in [0.15, 0.2) is 36.5 Å². The maximum Gasteiger partial charge on any atom is 0.410 e. The molecule has 2 aliphatic rings. The number of carbonyl (C=O) groups is 2. The summed E-state index contributed by atoms with van der Waals surface area (Å²) in [5.41, 5.74) is -0.539. The third-order valence-corrected chi connectivity index (χ3v) is 6.32. The standard InChI is InChI=1S/C22H25F3N4O3/c1-32-20(31)21(10-6-3-7-11-21)28-19(30)15-13-26-29-17(22(23,24)25)12-16(27-18(15)29)14-8-4-2-5-9-14/h2,4-5,8-9,13,16-17,27H,3,6-7,10-12H2,1H3,(H,28,30)/t16-,17+/m0/s1. The summed E-state index contributed by atoms with van der Waals surface area (Å²) in [6.07, 6.45) is -0.420. The third-order valence-electron chi connectivity index (χ3n) is 6.32. The topological polar surface area (TPSA) is 85.2 Å². The lowest BCUT2D eigenvalue weighted by Crippen LogP contribution is -2.56. The van der Waals surface area contributed by atoms with Crippen molar-refractivity contribution in [2.24, 2.45) is 0 Å². The minimum atomic E-state index is -4.54.